The van der Waals surface area contributed by atoms with Gasteiger partial charge in [0.2, 0.25) is 9.23 Å². The van der Waals surface area contributed by atoms with Gasteiger partial charge in [0.15, 0.2) is 0 Å². The van der Waals surface area contributed by atoms with Gasteiger partial charge in [0, 0.05) is 35.5 Å². The van der Waals surface area contributed by atoms with Crippen LogP contribution in [0.25, 0.3) is 0 Å². The molecule has 0 aliphatic carbocycles. The number of hydrogen-bond acceptors (Lipinski definition) is 2. The van der Waals surface area contributed by atoms with E-state index < -0.39 is 14.6 Å². The molecule has 0 N–H and O–H groups in total. The molecule has 0 radical (unpaired) electrons. The standard InChI is InChI=1S/C3H6ClNO.Cl2OS/c1-5(2)3(4)6;1-4(2)3/h1-2H3;. The summed E-state index contributed by atoms with van der Waals surface area (Å²) in [6.45, 7) is 0. The zero-order valence-electron chi connectivity index (χ0n) is 5.31. The Morgan fingerprint density at radius 3 is 1.50 bits per heavy atom. The lowest BCUT2D eigenvalue weighted by atomic mass is 11.0. The summed E-state index contributed by atoms with van der Waals surface area (Å²) in [7, 11) is 10.5. The van der Waals surface area contributed by atoms with E-state index in [1.807, 2.05) is 0 Å². The van der Waals surface area contributed by atoms with Gasteiger partial charge < -0.3 is 4.90 Å². The van der Waals surface area contributed by atoms with E-state index in [2.05, 4.69) is 21.4 Å². The third-order valence-electron chi connectivity index (χ3n) is 0.352. The summed E-state index contributed by atoms with van der Waals surface area (Å²) in [5.41, 5.74) is 0. The van der Waals surface area contributed by atoms with Crippen molar-refractivity contribution in [1.82, 2.24) is 4.90 Å². The molecule has 1 amide bonds. The number of nitrogens with zero attached hydrogens (tertiary/aromatic N) is 1. The van der Waals surface area contributed by atoms with Crippen molar-refractivity contribution in [3.63, 3.8) is 0 Å². The molecule has 0 aromatic rings. The van der Waals surface area contributed by atoms with E-state index in [-0.39, 0.29) is 0 Å². The molecular weight excluding hydrogens is 220 g/mol. The van der Waals surface area contributed by atoms with Crippen LogP contribution >= 0.6 is 33.0 Å². The highest BCUT2D eigenvalue weighted by Gasteiger charge is 1.91. The molecule has 0 spiro atoms. The van der Waals surface area contributed by atoms with E-state index in [4.69, 9.17) is 15.8 Å². The third kappa shape index (κ3) is 23.6. The molecule has 0 rings (SSSR count). The van der Waals surface area contributed by atoms with Gasteiger partial charge in [-0.05, 0) is 11.6 Å². The average Bonchev–Trinajstić information content (AvgIpc) is 1.63. The summed E-state index contributed by atoms with van der Waals surface area (Å²) < 4.78 is 9.09. The van der Waals surface area contributed by atoms with E-state index in [0.29, 0.717) is 0 Å². The van der Waals surface area contributed by atoms with Gasteiger partial charge in [0.05, 0.1) is 0 Å². The number of halogens is 3. The highest BCUT2D eigenvalue weighted by Crippen LogP contribution is 1.89. The molecular formula is C3H6Cl3NO2S. The van der Waals surface area contributed by atoms with Crippen molar-refractivity contribution in [3.8, 4) is 0 Å². The van der Waals surface area contributed by atoms with Crippen LogP contribution in [0.2, 0.25) is 0 Å². The highest BCUT2D eigenvalue weighted by molar-refractivity contribution is 8.26. The topological polar surface area (TPSA) is 37.4 Å². The molecule has 0 aromatic heterocycles. The first-order valence-electron chi connectivity index (χ1n) is 1.99. The number of amides is 1. The molecule has 7 heteroatoms. The first-order valence-corrected chi connectivity index (χ1v) is 5.17. The smallest absolute Gasteiger partial charge is 0.315 e. The van der Waals surface area contributed by atoms with Crippen molar-refractivity contribution in [1.29, 1.82) is 0 Å². The van der Waals surface area contributed by atoms with E-state index >= 15 is 0 Å². The Morgan fingerprint density at radius 2 is 1.50 bits per heavy atom. The lowest BCUT2D eigenvalue weighted by Crippen LogP contribution is -2.13. The van der Waals surface area contributed by atoms with Gasteiger partial charge in [-0.25, -0.2) is 4.21 Å². The zero-order valence-corrected chi connectivity index (χ0v) is 8.39. The molecule has 3 nitrogen and oxygen atoms in total. The Morgan fingerprint density at radius 1 is 1.40 bits per heavy atom. The quantitative estimate of drug-likeness (QED) is 0.468. The van der Waals surface area contributed by atoms with Crippen LogP contribution in [0.1, 0.15) is 0 Å². The summed E-state index contributed by atoms with van der Waals surface area (Å²) in [6, 6.07) is 0. The Hall–Kier alpha value is 0.490. The van der Waals surface area contributed by atoms with Crippen LogP contribution in [0.4, 0.5) is 4.79 Å². The van der Waals surface area contributed by atoms with Gasteiger partial charge in [-0.2, -0.15) is 0 Å². The van der Waals surface area contributed by atoms with E-state index in [1.165, 1.54) is 4.90 Å². The highest BCUT2D eigenvalue weighted by atomic mass is 36.0. The van der Waals surface area contributed by atoms with Crippen molar-refractivity contribution in [2.45, 2.75) is 0 Å². The Labute approximate surface area is 75.7 Å². The van der Waals surface area contributed by atoms with E-state index in [1.54, 1.807) is 14.1 Å². The number of carbonyl (C=O) groups excluding carboxylic acids is 1. The molecule has 62 valence electrons. The Balaban J connectivity index is 0. The summed E-state index contributed by atoms with van der Waals surface area (Å²) in [5, 5.41) is -0.435. The first-order chi connectivity index (χ1) is 4.37. The van der Waals surface area contributed by atoms with Crippen LogP contribution in [0.5, 0.6) is 0 Å². The third-order valence-corrected chi connectivity index (χ3v) is 0.690. The minimum absolute atomic E-state index is 0.435. The summed E-state index contributed by atoms with van der Waals surface area (Å²) in [4.78, 5) is 11.1. The molecule has 0 saturated heterocycles. The van der Waals surface area contributed by atoms with Crippen LogP contribution in [-0.2, 0) is 9.23 Å². The summed E-state index contributed by atoms with van der Waals surface area (Å²) in [6.07, 6.45) is 0. The molecule has 0 unspecified atom stereocenters. The number of carbonyl (C=O) groups is 1. The summed E-state index contributed by atoms with van der Waals surface area (Å²) in [5.74, 6) is 0. The predicted molar refractivity (Wildman–Crippen MR) is 44.8 cm³/mol. The molecule has 0 aliphatic rings. The van der Waals surface area contributed by atoms with Crippen molar-refractivity contribution in [2.24, 2.45) is 0 Å². The maximum absolute atomic E-state index is 9.83. The minimum Gasteiger partial charge on any atom is -0.335 e. The lowest BCUT2D eigenvalue weighted by molar-refractivity contribution is 0.240. The van der Waals surface area contributed by atoms with E-state index in [9.17, 15) is 4.79 Å². The molecule has 0 aromatic carbocycles. The second-order valence-corrected chi connectivity index (χ2v) is 4.18. The molecule has 0 saturated carbocycles. The largest absolute Gasteiger partial charge is 0.335 e. The fraction of sp³-hybridized carbons (Fsp3) is 0.667. The summed E-state index contributed by atoms with van der Waals surface area (Å²) >= 11 is 4.90. The van der Waals surface area contributed by atoms with Crippen molar-refractivity contribution in [3.05, 3.63) is 0 Å². The van der Waals surface area contributed by atoms with E-state index in [0.717, 1.165) is 0 Å². The first kappa shape index (κ1) is 13.1. The van der Waals surface area contributed by atoms with Crippen LogP contribution in [-0.4, -0.2) is 28.6 Å². The molecule has 0 bridgehead atoms. The van der Waals surface area contributed by atoms with Crippen LogP contribution in [0.15, 0.2) is 0 Å². The number of hydrogen-bond donors (Lipinski definition) is 0. The van der Waals surface area contributed by atoms with Gasteiger partial charge in [-0.1, -0.05) is 0 Å². The predicted octanol–water partition coefficient (Wildman–Crippen LogP) is 1.95. The SMILES string of the molecule is CN(C)C(=O)Cl.O=S(Cl)Cl. The second kappa shape index (κ2) is 7.60. The normalized spacial score (nSPS) is 8.20. The van der Waals surface area contributed by atoms with Crippen molar-refractivity contribution in [2.75, 3.05) is 14.1 Å². The maximum Gasteiger partial charge on any atom is 0.315 e. The molecule has 0 aliphatic heterocycles. The molecule has 10 heavy (non-hydrogen) atoms. The lowest BCUT2D eigenvalue weighted by Gasteiger charge is -1.99. The molecule has 0 atom stereocenters. The number of rotatable bonds is 0. The molecule has 0 fully saturated rings. The van der Waals surface area contributed by atoms with Crippen molar-refractivity contribution >= 4 is 47.6 Å². The van der Waals surface area contributed by atoms with Crippen LogP contribution in [0.3, 0.4) is 0 Å². The van der Waals surface area contributed by atoms with Crippen molar-refractivity contribution < 1.29 is 9.00 Å². The maximum atomic E-state index is 9.83. The average molecular weight is 227 g/mol. The van der Waals surface area contributed by atoms with Crippen LogP contribution in [0, 0.1) is 0 Å². The van der Waals surface area contributed by atoms with Gasteiger partial charge >= 0.3 is 5.37 Å². The van der Waals surface area contributed by atoms with Crippen LogP contribution < -0.4 is 0 Å². The zero-order chi connectivity index (χ0) is 8.73. The molecule has 0 heterocycles. The minimum atomic E-state index is -1.67. The monoisotopic (exact) mass is 225 g/mol. The van der Waals surface area contributed by atoms with Gasteiger partial charge in [0.1, 0.15) is 0 Å². The fourth-order valence-electron chi connectivity index (χ4n) is 0. The Kier molecular flexibility index (Phi) is 9.96. The van der Waals surface area contributed by atoms with Gasteiger partial charge in [-0.15, -0.1) is 0 Å². The fourth-order valence-corrected chi connectivity index (χ4v) is 0. The second-order valence-electron chi connectivity index (χ2n) is 1.33. The van der Waals surface area contributed by atoms with Gasteiger partial charge in [0.25, 0.3) is 0 Å². The van der Waals surface area contributed by atoms with Gasteiger partial charge in [-0.3, -0.25) is 4.79 Å². The Bertz CT molecular complexity index is 125.